The number of halogens is 3. The van der Waals surface area contributed by atoms with Crippen molar-refractivity contribution in [2.75, 3.05) is 36.1 Å². The van der Waals surface area contributed by atoms with E-state index in [1.54, 1.807) is 6.07 Å². The summed E-state index contributed by atoms with van der Waals surface area (Å²) in [5.74, 6) is 0.448. The number of carbonyl (C=O) groups excluding carboxylic acids is 1. The van der Waals surface area contributed by atoms with Crippen LogP contribution in [0.25, 0.3) is 0 Å². The maximum absolute atomic E-state index is 12.3. The Bertz CT molecular complexity index is 983. The van der Waals surface area contributed by atoms with Crippen LogP contribution in [0.2, 0.25) is 0 Å². The van der Waals surface area contributed by atoms with E-state index in [1.807, 2.05) is 0 Å². The van der Waals surface area contributed by atoms with Gasteiger partial charge >= 0.3 is 18.5 Å². The Hall–Kier alpha value is -3.77. The summed E-state index contributed by atoms with van der Waals surface area (Å²) < 4.78 is 40.5. The van der Waals surface area contributed by atoms with E-state index in [-0.39, 0.29) is 17.6 Å². The van der Waals surface area contributed by atoms with Gasteiger partial charge in [0.2, 0.25) is 5.95 Å². The number of urea groups is 1. The number of hydrogen-bond donors (Lipinski definition) is 4. The van der Waals surface area contributed by atoms with Gasteiger partial charge in [-0.25, -0.2) is 14.6 Å². The lowest BCUT2D eigenvalue weighted by Crippen LogP contribution is -2.27. The summed E-state index contributed by atoms with van der Waals surface area (Å²) in [7, 11) is 1.48. The van der Waals surface area contributed by atoms with Crippen LogP contribution < -0.4 is 20.7 Å². The van der Waals surface area contributed by atoms with Gasteiger partial charge in [-0.05, 0) is 43.5 Å². The molecule has 33 heavy (non-hydrogen) atoms. The highest BCUT2D eigenvalue weighted by Gasteiger charge is 2.31. The van der Waals surface area contributed by atoms with Crippen molar-refractivity contribution in [3.8, 4) is 5.75 Å². The molecule has 1 aliphatic carbocycles. The zero-order chi connectivity index (χ0) is 24.0. The third-order valence-electron chi connectivity index (χ3n) is 4.62. The third-order valence-corrected chi connectivity index (χ3v) is 4.62. The Kier molecular flexibility index (Phi) is 7.41. The van der Waals surface area contributed by atoms with E-state index in [0.29, 0.717) is 25.3 Å². The minimum Gasteiger partial charge on any atom is -0.465 e. The van der Waals surface area contributed by atoms with Crippen molar-refractivity contribution in [3.05, 3.63) is 36.0 Å². The van der Waals surface area contributed by atoms with Crippen LogP contribution in [-0.4, -0.2) is 58.6 Å². The molecular weight excluding hydrogens is 445 g/mol. The number of nitrogens with one attached hydrogen (secondary N) is 3. The minimum absolute atomic E-state index is 0.0686. The number of nitrogens with zero attached hydrogens (tertiary/aromatic N) is 3. The largest absolute Gasteiger partial charge is 0.573 e. The van der Waals surface area contributed by atoms with E-state index in [1.165, 1.54) is 24.1 Å². The van der Waals surface area contributed by atoms with Gasteiger partial charge in [-0.1, -0.05) is 0 Å². The molecule has 0 atom stereocenters. The van der Waals surface area contributed by atoms with E-state index in [2.05, 4.69) is 30.7 Å². The van der Waals surface area contributed by atoms with Crippen LogP contribution in [0.15, 0.2) is 30.3 Å². The molecule has 3 amide bonds. The summed E-state index contributed by atoms with van der Waals surface area (Å²) in [5, 5.41) is 17.0. The fourth-order valence-corrected chi connectivity index (χ4v) is 2.83. The minimum atomic E-state index is -4.80. The molecule has 13 heteroatoms. The molecule has 1 aromatic heterocycles. The number of benzene rings is 1. The van der Waals surface area contributed by atoms with Gasteiger partial charge in [0.25, 0.3) is 0 Å². The number of amides is 3. The molecule has 10 nitrogen and oxygen atoms in total. The quantitative estimate of drug-likeness (QED) is 0.404. The second kappa shape index (κ2) is 10.2. The van der Waals surface area contributed by atoms with Gasteiger partial charge < -0.3 is 25.4 Å². The van der Waals surface area contributed by atoms with Gasteiger partial charge in [0.05, 0.1) is 5.69 Å². The molecule has 1 saturated carbocycles. The van der Waals surface area contributed by atoms with Gasteiger partial charge in [-0.15, -0.1) is 13.2 Å². The molecular formula is C20H23F3N6O4. The van der Waals surface area contributed by atoms with Crippen molar-refractivity contribution in [1.82, 2.24) is 14.9 Å². The molecule has 0 radical (unpaired) electrons. The summed E-state index contributed by atoms with van der Waals surface area (Å²) in [6, 6.07) is 5.82. The topological polar surface area (TPSA) is 129 Å². The Morgan fingerprint density at radius 1 is 1.18 bits per heavy atom. The maximum atomic E-state index is 12.3. The summed E-state index contributed by atoms with van der Waals surface area (Å²) >= 11 is 0. The van der Waals surface area contributed by atoms with Crippen LogP contribution in [-0.2, 0) is 0 Å². The Balaban J connectivity index is 1.57. The average Bonchev–Trinajstić information content (AvgIpc) is 3.56. The number of rotatable bonds is 9. The predicted molar refractivity (Wildman–Crippen MR) is 114 cm³/mol. The molecule has 0 unspecified atom stereocenters. The van der Waals surface area contributed by atoms with Crippen LogP contribution in [0.5, 0.6) is 5.75 Å². The molecule has 0 aliphatic heterocycles. The summed E-state index contributed by atoms with van der Waals surface area (Å²) in [6.07, 6.45) is -3.28. The van der Waals surface area contributed by atoms with Crippen LogP contribution in [0.3, 0.4) is 0 Å². The van der Waals surface area contributed by atoms with Crippen molar-refractivity contribution in [2.45, 2.75) is 31.5 Å². The average molecular weight is 468 g/mol. The zero-order valence-electron chi connectivity index (χ0n) is 17.6. The third kappa shape index (κ3) is 8.01. The van der Waals surface area contributed by atoms with Crippen molar-refractivity contribution >= 4 is 29.6 Å². The normalized spacial score (nSPS) is 13.2. The van der Waals surface area contributed by atoms with Crippen molar-refractivity contribution in [2.24, 2.45) is 0 Å². The highest BCUT2D eigenvalue weighted by atomic mass is 19.4. The van der Waals surface area contributed by atoms with Crippen LogP contribution in [0.4, 0.5) is 40.2 Å². The SMILES string of the molecule is CN(CCCNc1cc(C2CC2)nc(NC(=O)Nc2ccc(OC(F)(F)F)cc2)n1)C(=O)O. The predicted octanol–water partition coefficient (Wildman–Crippen LogP) is 4.31. The first-order valence-electron chi connectivity index (χ1n) is 10.1. The molecule has 4 N–H and O–H groups in total. The monoisotopic (exact) mass is 468 g/mol. The Morgan fingerprint density at radius 2 is 1.88 bits per heavy atom. The van der Waals surface area contributed by atoms with Crippen LogP contribution in [0.1, 0.15) is 30.9 Å². The van der Waals surface area contributed by atoms with Gasteiger partial charge in [0.15, 0.2) is 0 Å². The molecule has 2 aromatic rings. The number of carbonyl (C=O) groups is 2. The van der Waals surface area contributed by atoms with Crippen molar-refractivity contribution < 1.29 is 32.6 Å². The van der Waals surface area contributed by atoms with Gasteiger partial charge in [-0.2, -0.15) is 4.98 Å². The highest BCUT2D eigenvalue weighted by Crippen LogP contribution is 2.39. The van der Waals surface area contributed by atoms with E-state index in [9.17, 15) is 22.8 Å². The molecule has 3 rings (SSSR count). The molecule has 1 fully saturated rings. The first kappa shape index (κ1) is 23.9. The number of alkyl halides is 3. The fourth-order valence-electron chi connectivity index (χ4n) is 2.83. The lowest BCUT2D eigenvalue weighted by Gasteiger charge is -2.14. The first-order chi connectivity index (χ1) is 15.6. The number of ether oxygens (including phenoxy) is 1. The van der Waals surface area contributed by atoms with Crippen molar-refractivity contribution in [3.63, 3.8) is 0 Å². The van der Waals surface area contributed by atoms with E-state index in [0.717, 1.165) is 30.7 Å². The standard InChI is InChI=1S/C20H23F3N6O4/c1-29(19(31)32)10-2-9-24-16-11-15(12-3-4-12)26-17(27-16)28-18(30)25-13-5-7-14(8-6-13)33-20(21,22)23/h5-8,11-12H,2-4,9-10H2,1H3,(H,31,32)(H3,24,25,26,27,28,30). The zero-order valence-corrected chi connectivity index (χ0v) is 17.6. The number of aromatic nitrogens is 2. The van der Waals surface area contributed by atoms with Gasteiger partial charge in [0, 0.05) is 37.8 Å². The number of hydrogen-bond acceptors (Lipinski definition) is 6. The smallest absolute Gasteiger partial charge is 0.465 e. The molecule has 1 heterocycles. The molecule has 0 bridgehead atoms. The molecule has 0 spiro atoms. The summed E-state index contributed by atoms with van der Waals surface area (Å²) in [6.45, 7) is 0.819. The number of carboxylic acid groups (broad SMARTS) is 1. The Labute approximate surface area is 187 Å². The van der Waals surface area contributed by atoms with E-state index < -0.39 is 24.2 Å². The molecule has 1 aliphatic rings. The lowest BCUT2D eigenvalue weighted by molar-refractivity contribution is -0.274. The first-order valence-corrected chi connectivity index (χ1v) is 10.1. The molecule has 0 saturated heterocycles. The maximum Gasteiger partial charge on any atom is 0.573 e. The van der Waals surface area contributed by atoms with E-state index >= 15 is 0 Å². The molecule has 1 aromatic carbocycles. The van der Waals surface area contributed by atoms with Crippen LogP contribution in [0, 0.1) is 0 Å². The number of anilines is 3. The molecule has 178 valence electrons. The highest BCUT2D eigenvalue weighted by molar-refractivity contribution is 5.98. The van der Waals surface area contributed by atoms with Gasteiger partial charge in [0.1, 0.15) is 11.6 Å². The van der Waals surface area contributed by atoms with Crippen LogP contribution >= 0.6 is 0 Å². The lowest BCUT2D eigenvalue weighted by atomic mass is 10.2. The second-order valence-electron chi connectivity index (χ2n) is 7.41. The van der Waals surface area contributed by atoms with Gasteiger partial charge in [-0.3, -0.25) is 5.32 Å². The Morgan fingerprint density at radius 3 is 2.48 bits per heavy atom. The summed E-state index contributed by atoms with van der Waals surface area (Å²) in [4.78, 5) is 32.9. The summed E-state index contributed by atoms with van der Waals surface area (Å²) in [5.41, 5.74) is 1.03. The van der Waals surface area contributed by atoms with E-state index in [4.69, 9.17) is 5.11 Å². The second-order valence-corrected chi connectivity index (χ2v) is 7.41. The fraction of sp³-hybridized carbons (Fsp3) is 0.400. The van der Waals surface area contributed by atoms with Crippen molar-refractivity contribution in [1.29, 1.82) is 0 Å².